The van der Waals surface area contributed by atoms with Gasteiger partial charge in [-0.2, -0.15) is 0 Å². The van der Waals surface area contributed by atoms with Crippen molar-refractivity contribution in [2.24, 2.45) is 0 Å². The van der Waals surface area contributed by atoms with Crippen molar-refractivity contribution in [2.45, 2.75) is 18.6 Å². The van der Waals surface area contributed by atoms with Gasteiger partial charge in [0.1, 0.15) is 11.9 Å². The fourth-order valence-corrected chi connectivity index (χ4v) is 2.71. The van der Waals surface area contributed by atoms with Gasteiger partial charge < -0.3 is 19.3 Å². The summed E-state index contributed by atoms with van der Waals surface area (Å²) in [5.41, 5.74) is 1.84. The SMILES string of the molecule is OC1CC(c2ccc3c(c2)OCO3)Oc2ccccc21. The second-order valence-electron chi connectivity index (χ2n) is 5.01. The van der Waals surface area contributed by atoms with Gasteiger partial charge in [-0.05, 0) is 23.8 Å². The maximum Gasteiger partial charge on any atom is 0.231 e. The highest BCUT2D eigenvalue weighted by Crippen LogP contribution is 2.42. The van der Waals surface area contributed by atoms with Gasteiger partial charge in [0.15, 0.2) is 11.5 Å². The van der Waals surface area contributed by atoms with Crippen LogP contribution in [-0.4, -0.2) is 11.9 Å². The summed E-state index contributed by atoms with van der Waals surface area (Å²) in [6.45, 7) is 0.260. The fourth-order valence-electron chi connectivity index (χ4n) is 2.71. The van der Waals surface area contributed by atoms with Crippen LogP contribution in [0.1, 0.15) is 29.8 Å². The topological polar surface area (TPSA) is 47.9 Å². The lowest BCUT2D eigenvalue weighted by atomic mass is 9.95. The van der Waals surface area contributed by atoms with Crippen molar-refractivity contribution in [3.05, 3.63) is 53.6 Å². The van der Waals surface area contributed by atoms with E-state index in [1.165, 1.54) is 0 Å². The molecule has 4 nitrogen and oxygen atoms in total. The predicted octanol–water partition coefficient (Wildman–Crippen LogP) is 2.97. The Labute approximate surface area is 116 Å². The molecule has 2 aliphatic rings. The number of hydrogen-bond donors (Lipinski definition) is 1. The quantitative estimate of drug-likeness (QED) is 0.865. The van der Waals surface area contributed by atoms with E-state index < -0.39 is 6.10 Å². The molecule has 0 amide bonds. The average Bonchev–Trinajstić information content (AvgIpc) is 2.94. The molecule has 2 atom stereocenters. The van der Waals surface area contributed by atoms with Crippen molar-refractivity contribution < 1.29 is 19.3 Å². The Morgan fingerprint density at radius 3 is 2.75 bits per heavy atom. The van der Waals surface area contributed by atoms with Crippen LogP contribution in [0.5, 0.6) is 17.2 Å². The van der Waals surface area contributed by atoms with E-state index in [1.54, 1.807) is 0 Å². The summed E-state index contributed by atoms with van der Waals surface area (Å²) in [6, 6.07) is 13.4. The highest BCUT2D eigenvalue weighted by Gasteiger charge is 2.28. The van der Waals surface area contributed by atoms with Crippen LogP contribution in [-0.2, 0) is 0 Å². The summed E-state index contributed by atoms with van der Waals surface area (Å²) >= 11 is 0. The maximum atomic E-state index is 10.3. The van der Waals surface area contributed by atoms with Gasteiger partial charge in [-0.1, -0.05) is 24.3 Å². The summed E-state index contributed by atoms with van der Waals surface area (Å²) in [4.78, 5) is 0. The molecule has 2 unspecified atom stereocenters. The van der Waals surface area contributed by atoms with Crippen LogP contribution in [0.4, 0.5) is 0 Å². The first-order valence-corrected chi connectivity index (χ1v) is 6.64. The molecule has 0 bridgehead atoms. The monoisotopic (exact) mass is 270 g/mol. The van der Waals surface area contributed by atoms with E-state index in [2.05, 4.69) is 0 Å². The zero-order valence-corrected chi connectivity index (χ0v) is 10.8. The second-order valence-corrected chi connectivity index (χ2v) is 5.01. The van der Waals surface area contributed by atoms with Crippen LogP contribution < -0.4 is 14.2 Å². The minimum Gasteiger partial charge on any atom is -0.485 e. The summed E-state index contributed by atoms with van der Waals surface area (Å²) in [5.74, 6) is 2.24. The molecule has 2 aromatic carbocycles. The Morgan fingerprint density at radius 2 is 1.80 bits per heavy atom. The molecule has 102 valence electrons. The highest BCUT2D eigenvalue weighted by atomic mass is 16.7. The first-order valence-electron chi connectivity index (χ1n) is 6.64. The number of benzene rings is 2. The number of rotatable bonds is 1. The molecule has 0 fully saturated rings. The molecule has 0 saturated heterocycles. The fraction of sp³-hybridized carbons (Fsp3) is 0.250. The average molecular weight is 270 g/mol. The van der Waals surface area contributed by atoms with Crippen molar-refractivity contribution >= 4 is 0 Å². The van der Waals surface area contributed by atoms with Gasteiger partial charge in [-0.15, -0.1) is 0 Å². The molecule has 0 spiro atoms. The van der Waals surface area contributed by atoms with Gasteiger partial charge in [0.2, 0.25) is 6.79 Å². The molecule has 0 radical (unpaired) electrons. The van der Waals surface area contributed by atoms with Gasteiger partial charge in [0.05, 0.1) is 6.10 Å². The van der Waals surface area contributed by atoms with Crippen molar-refractivity contribution in [1.82, 2.24) is 0 Å². The summed E-state index contributed by atoms with van der Waals surface area (Å²) in [6.07, 6.45) is -0.138. The van der Waals surface area contributed by atoms with E-state index >= 15 is 0 Å². The second kappa shape index (κ2) is 4.42. The van der Waals surface area contributed by atoms with Gasteiger partial charge in [-0.3, -0.25) is 0 Å². The molecule has 20 heavy (non-hydrogen) atoms. The Balaban J connectivity index is 1.68. The molecular weight excluding hydrogens is 256 g/mol. The number of aliphatic hydroxyl groups excluding tert-OH is 1. The van der Waals surface area contributed by atoms with Crippen LogP contribution in [0.2, 0.25) is 0 Å². The standard InChI is InChI=1S/C16H14O4/c17-12-8-15(20-13-4-2-1-3-11(12)13)10-5-6-14-16(7-10)19-9-18-14/h1-7,12,15,17H,8-9H2. The highest BCUT2D eigenvalue weighted by molar-refractivity contribution is 5.46. The normalized spacial score (nSPS) is 23.1. The van der Waals surface area contributed by atoms with E-state index in [4.69, 9.17) is 14.2 Å². The molecule has 4 rings (SSSR count). The number of hydrogen-bond acceptors (Lipinski definition) is 4. The van der Waals surface area contributed by atoms with Gasteiger partial charge in [0, 0.05) is 12.0 Å². The van der Waals surface area contributed by atoms with Gasteiger partial charge in [-0.25, -0.2) is 0 Å². The summed E-state index contributed by atoms with van der Waals surface area (Å²) in [5, 5.41) is 10.3. The Kier molecular flexibility index (Phi) is 2.57. The van der Waals surface area contributed by atoms with E-state index in [0.717, 1.165) is 28.4 Å². The Morgan fingerprint density at radius 1 is 0.950 bits per heavy atom. The van der Waals surface area contributed by atoms with Crippen molar-refractivity contribution in [2.75, 3.05) is 6.79 Å². The smallest absolute Gasteiger partial charge is 0.231 e. The summed E-state index contributed by atoms with van der Waals surface area (Å²) in [7, 11) is 0. The van der Waals surface area contributed by atoms with Crippen molar-refractivity contribution in [3.63, 3.8) is 0 Å². The van der Waals surface area contributed by atoms with Gasteiger partial charge in [0.25, 0.3) is 0 Å². The van der Waals surface area contributed by atoms with E-state index in [0.29, 0.717) is 6.42 Å². The third-order valence-electron chi connectivity index (χ3n) is 3.75. The molecule has 1 N–H and O–H groups in total. The van der Waals surface area contributed by atoms with Crippen LogP contribution in [0.3, 0.4) is 0 Å². The molecule has 2 aliphatic heterocycles. The first-order chi connectivity index (χ1) is 9.81. The molecule has 0 aromatic heterocycles. The first kappa shape index (κ1) is 11.6. The number of aliphatic hydroxyl groups is 1. The lowest BCUT2D eigenvalue weighted by Gasteiger charge is -2.29. The zero-order chi connectivity index (χ0) is 13.5. The van der Waals surface area contributed by atoms with Crippen LogP contribution in [0.15, 0.2) is 42.5 Å². The van der Waals surface area contributed by atoms with Gasteiger partial charge >= 0.3 is 0 Å². The third kappa shape index (κ3) is 1.80. The number of para-hydroxylation sites is 1. The van der Waals surface area contributed by atoms with E-state index in [1.807, 2.05) is 42.5 Å². The molecule has 4 heteroatoms. The molecule has 0 saturated carbocycles. The third-order valence-corrected chi connectivity index (χ3v) is 3.75. The zero-order valence-electron chi connectivity index (χ0n) is 10.8. The predicted molar refractivity (Wildman–Crippen MR) is 72.0 cm³/mol. The Bertz CT molecular complexity index is 653. The largest absolute Gasteiger partial charge is 0.485 e. The lowest BCUT2D eigenvalue weighted by Crippen LogP contribution is -2.18. The van der Waals surface area contributed by atoms with Crippen molar-refractivity contribution in [3.8, 4) is 17.2 Å². The number of ether oxygens (including phenoxy) is 3. The lowest BCUT2D eigenvalue weighted by molar-refractivity contribution is 0.0656. The molecule has 2 heterocycles. The number of fused-ring (bicyclic) bond motifs is 2. The van der Waals surface area contributed by atoms with Crippen molar-refractivity contribution in [1.29, 1.82) is 0 Å². The Hall–Kier alpha value is -2.20. The molecule has 2 aromatic rings. The minimum absolute atomic E-state index is 0.172. The van der Waals surface area contributed by atoms with Crippen LogP contribution >= 0.6 is 0 Å². The molecular formula is C16H14O4. The minimum atomic E-state index is -0.504. The maximum absolute atomic E-state index is 10.3. The van der Waals surface area contributed by atoms with Crippen LogP contribution in [0, 0.1) is 0 Å². The van der Waals surface area contributed by atoms with Crippen LogP contribution in [0.25, 0.3) is 0 Å². The molecule has 0 aliphatic carbocycles. The van der Waals surface area contributed by atoms with E-state index in [-0.39, 0.29) is 12.9 Å². The van der Waals surface area contributed by atoms with E-state index in [9.17, 15) is 5.11 Å². The summed E-state index contributed by atoms with van der Waals surface area (Å²) < 4.78 is 16.7.